The molecule has 0 aliphatic carbocycles. The number of hydrogen-bond donors (Lipinski definition) is 1. The highest BCUT2D eigenvalue weighted by atomic mass is 35.5. The number of rotatable bonds is 7. The largest absolute Gasteiger partial charge is 0.285 e. The van der Waals surface area contributed by atoms with E-state index in [2.05, 4.69) is 6.92 Å². The van der Waals surface area contributed by atoms with Crippen LogP contribution in [0.25, 0.3) is 0 Å². The molecular weight excluding hydrogens is 212 g/mol. The first-order valence-electron chi connectivity index (χ1n) is 4.54. The minimum Gasteiger partial charge on any atom is -0.285 e. The van der Waals surface area contributed by atoms with Gasteiger partial charge < -0.3 is 0 Å². The molecule has 0 saturated heterocycles. The summed E-state index contributed by atoms with van der Waals surface area (Å²) in [5.41, 5.74) is 0. The van der Waals surface area contributed by atoms with E-state index in [1.165, 1.54) is 0 Å². The molecule has 5 heteroatoms. The molecule has 80 valence electrons. The molecule has 0 heterocycles. The van der Waals surface area contributed by atoms with Gasteiger partial charge in [-0.25, -0.2) is 0 Å². The maximum absolute atomic E-state index is 10.7. The lowest BCUT2D eigenvalue weighted by Gasteiger charge is -2.09. The molecule has 13 heavy (non-hydrogen) atoms. The highest BCUT2D eigenvalue weighted by Gasteiger charge is 2.20. The predicted molar refractivity (Wildman–Crippen MR) is 54.8 cm³/mol. The van der Waals surface area contributed by atoms with E-state index < -0.39 is 15.4 Å². The van der Waals surface area contributed by atoms with Crippen molar-refractivity contribution in [1.82, 2.24) is 0 Å². The van der Waals surface area contributed by atoms with Gasteiger partial charge in [0.2, 0.25) is 0 Å². The van der Waals surface area contributed by atoms with Crippen LogP contribution in [0.15, 0.2) is 0 Å². The third-order valence-electron chi connectivity index (χ3n) is 1.97. The van der Waals surface area contributed by atoms with Crippen LogP contribution in [0.4, 0.5) is 0 Å². The van der Waals surface area contributed by atoms with Crippen molar-refractivity contribution < 1.29 is 13.0 Å². The van der Waals surface area contributed by atoms with Crippen molar-refractivity contribution in [2.24, 2.45) is 0 Å². The molecule has 0 fully saturated rings. The molecule has 0 aromatic rings. The number of halogens is 1. The number of alkyl halides is 1. The third-order valence-corrected chi connectivity index (χ3v) is 3.77. The van der Waals surface area contributed by atoms with Crippen LogP contribution in [0, 0.1) is 0 Å². The monoisotopic (exact) mass is 228 g/mol. The van der Waals surface area contributed by atoms with Gasteiger partial charge in [-0.05, 0) is 6.42 Å². The lowest BCUT2D eigenvalue weighted by Crippen LogP contribution is -2.22. The van der Waals surface area contributed by atoms with Crippen molar-refractivity contribution in [2.45, 2.75) is 44.3 Å². The first kappa shape index (κ1) is 13.2. The maximum Gasteiger partial charge on any atom is 0.268 e. The summed E-state index contributed by atoms with van der Waals surface area (Å²) in [6.45, 7) is 2.09. The van der Waals surface area contributed by atoms with Gasteiger partial charge in [0.1, 0.15) is 0 Å². The quantitative estimate of drug-likeness (QED) is 0.414. The van der Waals surface area contributed by atoms with Crippen LogP contribution >= 0.6 is 11.6 Å². The fourth-order valence-corrected chi connectivity index (χ4v) is 2.36. The van der Waals surface area contributed by atoms with Crippen molar-refractivity contribution in [3.63, 3.8) is 0 Å². The van der Waals surface area contributed by atoms with Gasteiger partial charge in [-0.1, -0.05) is 32.6 Å². The van der Waals surface area contributed by atoms with E-state index in [1.54, 1.807) is 0 Å². The van der Waals surface area contributed by atoms with Crippen molar-refractivity contribution in [2.75, 3.05) is 5.88 Å². The summed E-state index contributed by atoms with van der Waals surface area (Å²) >= 11 is 5.43. The zero-order valence-electron chi connectivity index (χ0n) is 7.87. The Bertz CT molecular complexity index is 213. The summed E-state index contributed by atoms with van der Waals surface area (Å²) in [5.74, 6) is -0.0229. The standard InChI is InChI=1S/C8H17ClO3S/c1-2-3-4-5-6-8(7-9)13(10,11)12/h8H,2-7H2,1H3,(H,10,11,12). The normalized spacial score (nSPS) is 14.4. The smallest absolute Gasteiger partial charge is 0.268 e. The second-order valence-electron chi connectivity index (χ2n) is 3.14. The average molecular weight is 229 g/mol. The highest BCUT2D eigenvalue weighted by molar-refractivity contribution is 7.86. The van der Waals surface area contributed by atoms with E-state index in [0.717, 1.165) is 25.7 Å². The van der Waals surface area contributed by atoms with Gasteiger partial charge in [0, 0.05) is 5.88 Å². The van der Waals surface area contributed by atoms with Crippen molar-refractivity contribution in [3.05, 3.63) is 0 Å². The Balaban J connectivity index is 3.74. The molecule has 0 spiro atoms. The molecular formula is C8H17ClO3S. The van der Waals surface area contributed by atoms with Gasteiger partial charge in [0.15, 0.2) is 0 Å². The Kier molecular flexibility index (Phi) is 6.73. The molecule has 1 N–H and O–H groups in total. The van der Waals surface area contributed by atoms with Crippen LogP contribution in [-0.2, 0) is 10.1 Å². The summed E-state index contributed by atoms with van der Waals surface area (Å²) in [7, 11) is -3.93. The molecule has 0 aromatic carbocycles. The van der Waals surface area contributed by atoms with Crippen molar-refractivity contribution in [1.29, 1.82) is 0 Å². The maximum atomic E-state index is 10.7. The van der Waals surface area contributed by atoms with Crippen LogP contribution in [0.3, 0.4) is 0 Å². The fraction of sp³-hybridized carbons (Fsp3) is 1.00. The molecule has 0 aliphatic rings. The second-order valence-corrected chi connectivity index (χ2v) is 5.15. The first-order valence-corrected chi connectivity index (χ1v) is 6.58. The van der Waals surface area contributed by atoms with E-state index in [-0.39, 0.29) is 5.88 Å². The van der Waals surface area contributed by atoms with E-state index >= 15 is 0 Å². The van der Waals surface area contributed by atoms with Crippen LogP contribution in [0.2, 0.25) is 0 Å². The van der Waals surface area contributed by atoms with E-state index in [1.807, 2.05) is 0 Å². The Morgan fingerprint density at radius 2 is 1.92 bits per heavy atom. The number of unbranched alkanes of at least 4 members (excludes halogenated alkanes) is 3. The van der Waals surface area contributed by atoms with Crippen molar-refractivity contribution in [3.8, 4) is 0 Å². The second kappa shape index (κ2) is 6.62. The molecule has 0 rings (SSSR count). The highest BCUT2D eigenvalue weighted by Crippen LogP contribution is 2.12. The topological polar surface area (TPSA) is 54.4 Å². The van der Waals surface area contributed by atoms with Crippen LogP contribution < -0.4 is 0 Å². The van der Waals surface area contributed by atoms with Gasteiger partial charge in [-0.15, -0.1) is 11.6 Å². The van der Waals surface area contributed by atoms with E-state index in [0.29, 0.717) is 6.42 Å². The Morgan fingerprint density at radius 3 is 2.31 bits per heavy atom. The summed E-state index contributed by atoms with van der Waals surface area (Å²) < 4.78 is 30.1. The average Bonchev–Trinajstić information content (AvgIpc) is 2.02. The molecule has 0 aliphatic heterocycles. The predicted octanol–water partition coefficient (Wildman–Crippen LogP) is 2.45. The fourth-order valence-electron chi connectivity index (χ4n) is 1.10. The lowest BCUT2D eigenvalue weighted by atomic mass is 10.1. The number of hydrogen-bond acceptors (Lipinski definition) is 2. The van der Waals surface area contributed by atoms with E-state index in [4.69, 9.17) is 16.2 Å². The van der Waals surface area contributed by atoms with Gasteiger partial charge in [0.05, 0.1) is 5.25 Å². The molecule has 1 unspecified atom stereocenters. The Morgan fingerprint density at radius 1 is 1.31 bits per heavy atom. The minimum absolute atomic E-state index is 0.0229. The molecule has 0 radical (unpaired) electrons. The summed E-state index contributed by atoms with van der Waals surface area (Å²) in [5, 5.41) is -0.786. The Labute approximate surface area is 85.2 Å². The molecule has 0 amide bonds. The first-order chi connectivity index (χ1) is 6.02. The molecule has 0 aromatic heterocycles. The summed E-state index contributed by atoms with van der Waals surface area (Å²) in [4.78, 5) is 0. The van der Waals surface area contributed by atoms with Gasteiger partial charge in [-0.2, -0.15) is 8.42 Å². The van der Waals surface area contributed by atoms with Gasteiger partial charge in [0.25, 0.3) is 10.1 Å². The summed E-state index contributed by atoms with van der Waals surface area (Å²) in [6, 6.07) is 0. The third kappa shape index (κ3) is 6.29. The van der Waals surface area contributed by atoms with Crippen LogP contribution in [-0.4, -0.2) is 24.1 Å². The Hall–Kier alpha value is 0.200. The minimum atomic E-state index is -3.93. The van der Waals surface area contributed by atoms with Gasteiger partial charge >= 0.3 is 0 Å². The molecule has 0 bridgehead atoms. The zero-order chi connectivity index (χ0) is 10.3. The lowest BCUT2D eigenvalue weighted by molar-refractivity contribution is 0.463. The SMILES string of the molecule is CCCCCCC(CCl)S(=O)(=O)O. The summed E-state index contributed by atoms with van der Waals surface area (Å²) in [6.07, 6.45) is 4.48. The molecule has 1 atom stereocenters. The molecule has 0 saturated carbocycles. The van der Waals surface area contributed by atoms with Crippen LogP contribution in [0.1, 0.15) is 39.0 Å². The van der Waals surface area contributed by atoms with Gasteiger partial charge in [-0.3, -0.25) is 4.55 Å². The van der Waals surface area contributed by atoms with E-state index in [9.17, 15) is 8.42 Å². The molecule has 3 nitrogen and oxygen atoms in total. The van der Waals surface area contributed by atoms with Crippen molar-refractivity contribution >= 4 is 21.7 Å². The zero-order valence-corrected chi connectivity index (χ0v) is 9.44. The van der Waals surface area contributed by atoms with Crippen LogP contribution in [0.5, 0.6) is 0 Å².